The molecule has 0 aliphatic carbocycles. The molecular formula is C14H18N2. The lowest BCUT2D eigenvalue weighted by molar-refractivity contribution is 0.458. The van der Waals surface area contributed by atoms with Gasteiger partial charge in [0.15, 0.2) is 0 Å². The van der Waals surface area contributed by atoms with Gasteiger partial charge in [-0.3, -0.25) is 0 Å². The van der Waals surface area contributed by atoms with Gasteiger partial charge in [0, 0.05) is 13.1 Å². The number of hydrogen-bond donors (Lipinski definition) is 1. The Hall–Kier alpha value is -1.59. The van der Waals surface area contributed by atoms with E-state index in [1.54, 1.807) is 0 Å². The minimum absolute atomic E-state index is 0.291. The zero-order chi connectivity index (χ0) is 11.9. The van der Waals surface area contributed by atoms with Gasteiger partial charge in [-0.25, -0.2) is 0 Å². The molecule has 0 spiro atoms. The molecule has 16 heavy (non-hydrogen) atoms. The fourth-order valence-corrected chi connectivity index (χ4v) is 1.27. The largest absolute Gasteiger partial charge is 0.312 e. The van der Waals surface area contributed by atoms with E-state index in [1.165, 1.54) is 5.56 Å². The molecule has 0 saturated heterocycles. The van der Waals surface area contributed by atoms with Crippen LogP contribution in [0.1, 0.15) is 19.4 Å². The van der Waals surface area contributed by atoms with Crippen LogP contribution in [-0.4, -0.2) is 13.1 Å². The lowest BCUT2D eigenvalue weighted by atomic mass is 9.96. The maximum Gasteiger partial charge on any atom is 0.0697 e. The van der Waals surface area contributed by atoms with Gasteiger partial charge in [-0.05, 0) is 19.4 Å². The van der Waals surface area contributed by atoms with Gasteiger partial charge in [-0.15, -0.1) is 0 Å². The fraction of sp³-hybridized carbons (Fsp3) is 0.357. The first-order chi connectivity index (χ1) is 7.64. The predicted molar refractivity (Wildman–Crippen MR) is 67.7 cm³/mol. The van der Waals surface area contributed by atoms with Gasteiger partial charge in [0.1, 0.15) is 0 Å². The molecule has 1 N–H and O–H groups in total. The second kappa shape index (κ2) is 6.09. The van der Waals surface area contributed by atoms with Crippen LogP contribution in [0.4, 0.5) is 0 Å². The smallest absolute Gasteiger partial charge is 0.0697 e. The standard InChI is InChI=1S/C14H18N2/c1-14(2,11-15)12-16-10-6-9-13-7-4-3-5-8-13/h3-9,16H,10,12H2,1-2H3/b9-6+. The molecular weight excluding hydrogens is 196 g/mol. The third-order valence-corrected chi connectivity index (χ3v) is 2.24. The number of hydrogen-bond acceptors (Lipinski definition) is 2. The van der Waals surface area contributed by atoms with Gasteiger partial charge in [-0.1, -0.05) is 42.5 Å². The number of nitrogens with one attached hydrogen (secondary N) is 1. The maximum atomic E-state index is 8.82. The van der Waals surface area contributed by atoms with Crippen LogP contribution in [-0.2, 0) is 0 Å². The van der Waals surface area contributed by atoms with Gasteiger partial charge in [0.2, 0.25) is 0 Å². The molecule has 2 nitrogen and oxygen atoms in total. The third kappa shape index (κ3) is 4.77. The van der Waals surface area contributed by atoms with Crippen molar-refractivity contribution in [2.24, 2.45) is 5.41 Å². The molecule has 2 heteroatoms. The van der Waals surface area contributed by atoms with Crippen LogP contribution >= 0.6 is 0 Å². The first kappa shape index (κ1) is 12.5. The van der Waals surface area contributed by atoms with Crippen LogP contribution in [0.3, 0.4) is 0 Å². The molecule has 0 heterocycles. The zero-order valence-electron chi connectivity index (χ0n) is 9.90. The van der Waals surface area contributed by atoms with E-state index in [-0.39, 0.29) is 5.41 Å². The SMILES string of the molecule is CC(C)(C#N)CNC/C=C/c1ccccc1. The van der Waals surface area contributed by atoms with Gasteiger partial charge >= 0.3 is 0 Å². The Bertz CT molecular complexity index is 371. The van der Waals surface area contributed by atoms with Crippen molar-refractivity contribution >= 4 is 6.08 Å². The molecule has 1 aromatic rings. The highest BCUT2D eigenvalue weighted by atomic mass is 14.9. The third-order valence-electron chi connectivity index (χ3n) is 2.24. The Balaban J connectivity index is 2.27. The second-order valence-corrected chi connectivity index (χ2v) is 4.44. The molecule has 0 saturated carbocycles. The van der Waals surface area contributed by atoms with Crippen molar-refractivity contribution in [2.75, 3.05) is 13.1 Å². The van der Waals surface area contributed by atoms with E-state index < -0.39 is 0 Å². The lowest BCUT2D eigenvalue weighted by Crippen LogP contribution is -2.28. The van der Waals surface area contributed by atoms with Gasteiger partial charge in [0.05, 0.1) is 11.5 Å². The molecule has 0 fully saturated rings. The summed E-state index contributed by atoms with van der Waals surface area (Å²) in [5.74, 6) is 0. The van der Waals surface area contributed by atoms with E-state index in [1.807, 2.05) is 32.0 Å². The Morgan fingerprint density at radius 1 is 1.31 bits per heavy atom. The highest BCUT2D eigenvalue weighted by molar-refractivity contribution is 5.48. The van der Waals surface area contributed by atoms with E-state index in [0.29, 0.717) is 6.54 Å². The molecule has 0 amide bonds. The normalized spacial score (nSPS) is 11.6. The quantitative estimate of drug-likeness (QED) is 0.765. The topological polar surface area (TPSA) is 35.8 Å². The van der Waals surface area contributed by atoms with Crippen molar-refractivity contribution in [3.05, 3.63) is 42.0 Å². The molecule has 0 aromatic heterocycles. The van der Waals surface area contributed by atoms with Crippen molar-refractivity contribution in [1.29, 1.82) is 5.26 Å². The van der Waals surface area contributed by atoms with Gasteiger partial charge < -0.3 is 5.32 Å². The lowest BCUT2D eigenvalue weighted by Gasteiger charge is -2.14. The number of nitrogens with zero attached hydrogens (tertiary/aromatic N) is 1. The van der Waals surface area contributed by atoms with E-state index in [9.17, 15) is 0 Å². The molecule has 1 rings (SSSR count). The van der Waals surface area contributed by atoms with Crippen LogP contribution < -0.4 is 5.32 Å². The van der Waals surface area contributed by atoms with Crippen molar-refractivity contribution in [3.8, 4) is 6.07 Å². The first-order valence-electron chi connectivity index (χ1n) is 5.48. The Morgan fingerprint density at radius 3 is 2.62 bits per heavy atom. The summed E-state index contributed by atoms with van der Waals surface area (Å²) >= 11 is 0. The minimum atomic E-state index is -0.291. The van der Waals surface area contributed by atoms with Crippen LogP contribution in [0.5, 0.6) is 0 Å². The van der Waals surface area contributed by atoms with Crippen molar-refractivity contribution in [3.63, 3.8) is 0 Å². The summed E-state index contributed by atoms with van der Waals surface area (Å²) in [6.07, 6.45) is 4.15. The van der Waals surface area contributed by atoms with E-state index in [4.69, 9.17) is 5.26 Å². The summed E-state index contributed by atoms with van der Waals surface area (Å²) in [5, 5.41) is 12.1. The number of benzene rings is 1. The average Bonchev–Trinajstić information content (AvgIpc) is 2.30. The number of nitriles is 1. The van der Waals surface area contributed by atoms with Gasteiger partial charge in [-0.2, -0.15) is 5.26 Å². The fourth-order valence-electron chi connectivity index (χ4n) is 1.27. The summed E-state index contributed by atoms with van der Waals surface area (Å²) < 4.78 is 0. The average molecular weight is 214 g/mol. The van der Waals surface area contributed by atoms with Crippen molar-refractivity contribution in [2.45, 2.75) is 13.8 Å². The van der Waals surface area contributed by atoms with Gasteiger partial charge in [0.25, 0.3) is 0 Å². The molecule has 84 valence electrons. The summed E-state index contributed by atoms with van der Waals surface area (Å²) in [6.45, 7) is 5.37. The molecule has 1 aromatic carbocycles. The Morgan fingerprint density at radius 2 is 2.00 bits per heavy atom. The first-order valence-corrected chi connectivity index (χ1v) is 5.48. The van der Waals surface area contributed by atoms with Crippen molar-refractivity contribution < 1.29 is 0 Å². The summed E-state index contributed by atoms with van der Waals surface area (Å²) in [6, 6.07) is 12.4. The van der Waals surface area contributed by atoms with E-state index >= 15 is 0 Å². The minimum Gasteiger partial charge on any atom is -0.312 e. The second-order valence-electron chi connectivity index (χ2n) is 4.44. The van der Waals surface area contributed by atoms with Crippen LogP contribution in [0.15, 0.2) is 36.4 Å². The maximum absolute atomic E-state index is 8.82. The van der Waals surface area contributed by atoms with E-state index in [0.717, 1.165) is 6.54 Å². The van der Waals surface area contributed by atoms with Crippen LogP contribution in [0.25, 0.3) is 6.08 Å². The Labute approximate surface area is 97.6 Å². The monoisotopic (exact) mass is 214 g/mol. The molecule has 0 aliphatic rings. The molecule has 0 bridgehead atoms. The molecule has 0 radical (unpaired) electrons. The molecule has 0 aliphatic heterocycles. The van der Waals surface area contributed by atoms with E-state index in [2.05, 4.69) is 35.7 Å². The molecule has 0 atom stereocenters. The van der Waals surface area contributed by atoms with Crippen molar-refractivity contribution in [1.82, 2.24) is 5.32 Å². The molecule has 0 unspecified atom stereocenters. The highest BCUT2D eigenvalue weighted by Gasteiger charge is 2.14. The number of rotatable bonds is 5. The van der Waals surface area contributed by atoms with Crippen LogP contribution in [0.2, 0.25) is 0 Å². The Kier molecular flexibility index (Phi) is 4.75. The summed E-state index contributed by atoms with van der Waals surface area (Å²) in [5.41, 5.74) is 0.907. The highest BCUT2D eigenvalue weighted by Crippen LogP contribution is 2.10. The predicted octanol–water partition coefficient (Wildman–Crippen LogP) is 2.84. The zero-order valence-corrected chi connectivity index (χ0v) is 9.90. The van der Waals surface area contributed by atoms with Crippen LogP contribution in [0, 0.1) is 16.7 Å². The summed E-state index contributed by atoms with van der Waals surface area (Å²) in [4.78, 5) is 0. The summed E-state index contributed by atoms with van der Waals surface area (Å²) in [7, 11) is 0.